The lowest BCUT2D eigenvalue weighted by molar-refractivity contribution is -0.122. The summed E-state index contributed by atoms with van der Waals surface area (Å²) in [6, 6.07) is 5.90. The summed E-state index contributed by atoms with van der Waals surface area (Å²) in [6.07, 6.45) is 4.05. The van der Waals surface area contributed by atoms with Crippen LogP contribution in [0.4, 0.5) is 5.69 Å². The van der Waals surface area contributed by atoms with E-state index in [4.69, 9.17) is 0 Å². The first-order valence-electron chi connectivity index (χ1n) is 9.78. The minimum Gasteiger partial charge on any atom is -0.326 e. The summed E-state index contributed by atoms with van der Waals surface area (Å²) in [5.41, 5.74) is 5.20. The van der Waals surface area contributed by atoms with Crippen LogP contribution in [-0.2, 0) is 9.59 Å². The molecule has 1 heterocycles. The second-order valence-electron chi connectivity index (χ2n) is 8.67. The van der Waals surface area contributed by atoms with Crippen LogP contribution in [0, 0.1) is 19.3 Å². The number of thioether (sulfide) groups is 1. The predicted octanol–water partition coefficient (Wildman–Crippen LogP) is 4.34. The lowest BCUT2D eigenvalue weighted by Gasteiger charge is -2.28. The molecule has 1 aromatic carbocycles. The Morgan fingerprint density at radius 1 is 1.24 bits per heavy atom. The second kappa shape index (κ2) is 8.53. The van der Waals surface area contributed by atoms with Gasteiger partial charge in [0.15, 0.2) is 5.17 Å². The fourth-order valence-corrected chi connectivity index (χ4v) is 4.61. The molecule has 1 aromatic rings. The fourth-order valence-electron chi connectivity index (χ4n) is 3.69. The van der Waals surface area contributed by atoms with E-state index in [0.29, 0.717) is 5.17 Å². The molecule has 1 fully saturated rings. The number of carbonyl (C=O) groups is 2. The molecule has 1 atom stereocenters. The summed E-state index contributed by atoms with van der Waals surface area (Å²) in [6.45, 7) is 10.4. The van der Waals surface area contributed by atoms with Crippen molar-refractivity contribution in [1.82, 2.24) is 5.32 Å². The molecule has 1 aliphatic heterocycles. The number of carbonyl (C=O) groups excluding carboxylic acids is 2. The molecule has 0 spiro atoms. The molecule has 0 aromatic heterocycles. The number of allylic oxidation sites excluding steroid dienone is 2. The molecule has 2 N–H and O–H groups in total. The van der Waals surface area contributed by atoms with Gasteiger partial charge in [0.1, 0.15) is 5.25 Å². The SMILES string of the molecule is CC1=CC(=NN=C2NC(=O)C(CC(=O)Nc3cc(C)ccc3C)S2)CC(C)(C)C1. The smallest absolute Gasteiger partial charge is 0.240 e. The average molecular weight is 413 g/mol. The topological polar surface area (TPSA) is 82.9 Å². The Morgan fingerprint density at radius 2 is 2.00 bits per heavy atom. The number of nitrogens with zero attached hydrogens (tertiary/aromatic N) is 2. The van der Waals surface area contributed by atoms with Crippen molar-refractivity contribution in [1.29, 1.82) is 0 Å². The number of amides is 2. The minimum atomic E-state index is -0.501. The Kier molecular flexibility index (Phi) is 6.27. The highest BCUT2D eigenvalue weighted by Crippen LogP contribution is 2.34. The highest BCUT2D eigenvalue weighted by Gasteiger charge is 2.32. The number of rotatable bonds is 4. The predicted molar refractivity (Wildman–Crippen MR) is 120 cm³/mol. The number of aryl methyl sites for hydroxylation is 2. The summed E-state index contributed by atoms with van der Waals surface area (Å²) in [7, 11) is 0. The van der Waals surface area contributed by atoms with Crippen LogP contribution >= 0.6 is 11.8 Å². The molecule has 154 valence electrons. The van der Waals surface area contributed by atoms with Crippen LogP contribution in [0.25, 0.3) is 0 Å². The van der Waals surface area contributed by atoms with E-state index in [1.165, 1.54) is 17.3 Å². The Morgan fingerprint density at radius 3 is 2.72 bits per heavy atom. The molecule has 7 heteroatoms. The molecule has 0 radical (unpaired) electrons. The zero-order valence-corrected chi connectivity index (χ0v) is 18.4. The van der Waals surface area contributed by atoms with Crippen LogP contribution in [0.15, 0.2) is 40.1 Å². The van der Waals surface area contributed by atoms with Crippen molar-refractivity contribution >= 4 is 40.1 Å². The molecule has 29 heavy (non-hydrogen) atoms. The Bertz CT molecular complexity index is 931. The van der Waals surface area contributed by atoms with E-state index in [1.807, 2.05) is 32.0 Å². The Hall–Kier alpha value is -2.41. The quantitative estimate of drug-likeness (QED) is 0.722. The molecule has 1 aliphatic carbocycles. The van der Waals surface area contributed by atoms with Gasteiger partial charge in [-0.25, -0.2) is 0 Å². The van der Waals surface area contributed by atoms with Crippen molar-refractivity contribution in [3.63, 3.8) is 0 Å². The van der Waals surface area contributed by atoms with E-state index in [2.05, 4.69) is 47.7 Å². The van der Waals surface area contributed by atoms with E-state index in [1.54, 1.807) is 0 Å². The molecular weight excluding hydrogens is 384 g/mol. The average Bonchev–Trinajstić information content (AvgIpc) is 2.94. The third-order valence-electron chi connectivity index (χ3n) is 4.91. The molecule has 6 nitrogen and oxygen atoms in total. The van der Waals surface area contributed by atoms with Crippen LogP contribution in [-0.4, -0.2) is 27.9 Å². The number of hydrogen-bond acceptors (Lipinski definition) is 5. The van der Waals surface area contributed by atoms with E-state index in [9.17, 15) is 9.59 Å². The molecule has 0 saturated carbocycles. The zero-order chi connectivity index (χ0) is 21.2. The Labute approximate surface area is 176 Å². The maximum atomic E-state index is 12.4. The van der Waals surface area contributed by atoms with Crippen molar-refractivity contribution in [3.05, 3.63) is 41.0 Å². The molecular formula is C22H28N4O2S. The van der Waals surface area contributed by atoms with Gasteiger partial charge in [0.2, 0.25) is 11.8 Å². The molecule has 1 saturated heterocycles. The molecule has 3 rings (SSSR count). The first-order chi connectivity index (χ1) is 13.6. The maximum Gasteiger partial charge on any atom is 0.240 e. The molecule has 2 amide bonds. The normalized spacial score (nSPS) is 23.8. The van der Waals surface area contributed by atoms with Crippen molar-refractivity contribution in [2.75, 3.05) is 5.32 Å². The standard InChI is InChI=1S/C22H28N4O2S/c1-13-6-7-15(3)17(9-13)23-19(27)10-18-20(28)24-21(29-18)26-25-16-8-14(2)11-22(4,5)12-16/h6-9,18H,10-12H2,1-5H3,(H,23,27)(H,24,26,28). The second-order valence-corrected chi connectivity index (χ2v) is 9.86. The van der Waals surface area contributed by atoms with Crippen molar-refractivity contribution in [3.8, 4) is 0 Å². The van der Waals surface area contributed by atoms with Gasteiger partial charge in [-0.3, -0.25) is 9.59 Å². The third kappa shape index (κ3) is 5.79. The minimum absolute atomic E-state index is 0.0888. The van der Waals surface area contributed by atoms with E-state index in [0.717, 1.165) is 35.4 Å². The van der Waals surface area contributed by atoms with E-state index < -0.39 is 5.25 Å². The van der Waals surface area contributed by atoms with Crippen LogP contribution in [0.5, 0.6) is 0 Å². The van der Waals surface area contributed by atoms with Gasteiger partial charge >= 0.3 is 0 Å². The fraction of sp³-hybridized carbons (Fsp3) is 0.455. The molecule has 2 aliphatic rings. The van der Waals surface area contributed by atoms with Gasteiger partial charge in [-0.15, -0.1) is 5.10 Å². The monoisotopic (exact) mass is 412 g/mol. The number of nitrogens with one attached hydrogen (secondary N) is 2. The summed E-state index contributed by atoms with van der Waals surface area (Å²) in [5, 5.41) is 14.1. The van der Waals surface area contributed by atoms with Gasteiger partial charge < -0.3 is 10.6 Å². The van der Waals surface area contributed by atoms with Crippen molar-refractivity contribution < 1.29 is 9.59 Å². The number of amidine groups is 1. The maximum absolute atomic E-state index is 12.4. The van der Waals surface area contributed by atoms with Gasteiger partial charge in [-0.1, -0.05) is 43.3 Å². The largest absolute Gasteiger partial charge is 0.326 e. The van der Waals surface area contributed by atoms with Crippen LogP contribution in [0.1, 0.15) is 51.2 Å². The highest BCUT2D eigenvalue weighted by molar-refractivity contribution is 8.15. The van der Waals surface area contributed by atoms with Crippen LogP contribution in [0.3, 0.4) is 0 Å². The summed E-state index contributed by atoms with van der Waals surface area (Å²) in [4.78, 5) is 24.7. The lowest BCUT2D eigenvalue weighted by Crippen LogP contribution is -2.28. The van der Waals surface area contributed by atoms with Gasteiger partial charge in [-0.2, -0.15) is 5.10 Å². The van der Waals surface area contributed by atoms with Crippen LogP contribution < -0.4 is 10.6 Å². The van der Waals surface area contributed by atoms with Gasteiger partial charge in [0, 0.05) is 12.1 Å². The van der Waals surface area contributed by atoms with Crippen LogP contribution in [0.2, 0.25) is 0 Å². The van der Waals surface area contributed by atoms with E-state index >= 15 is 0 Å². The number of hydrogen-bond donors (Lipinski definition) is 2. The van der Waals surface area contributed by atoms with Gasteiger partial charge in [0.05, 0.1) is 5.71 Å². The Balaban J connectivity index is 1.62. The first-order valence-corrected chi connectivity index (χ1v) is 10.7. The summed E-state index contributed by atoms with van der Waals surface area (Å²) >= 11 is 1.26. The van der Waals surface area contributed by atoms with Crippen molar-refractivity contribution in [2.24, 2.45) is 15.6 Å². The number of anilines is 1. The van der Waals surface area contributed by atoms with Gasteiger partial charge in [0.25, 0.3) is 0 Å². The number of benzene rings is 1. The first kappa shape index (κ1) is 21.3. The van der Waals surface area contributed by atoms with E-state index in [-0.39, 0.29) is 23.7 Å². The van der Waals surface area contributed by atoms with Crippen molar-refractivity contribution in [2.45, 2.75) is 59.1 Å². The lowest BCUT2D eigenvalue weighted by atomic mass is 9.77. The molecule has 0 bridgehead atoms. The third-order valence-corrected chi connectivity index (χ3v) is 5.99. The van der Waals surface area contributed by atoms with Gasteiger partial charge in [-0.05, 0) is 62.3 Å². The highest BCUT2D eigenvalue weighted by atomic mass is 32.2. The summed E-state index contributed by atoms with van der Waals surface area (Å²) in [5.74, 6) is -0.396. The summed E-state index contributed by atoms with van der Waals surface area (Å²) < 4.78 is 0. The zero-order valence-electron chi connectivity index (χ0n) is 17.6. The molecule has 1 unspecified atom stereocenters.